The van der Waals surface area contributed by atoms with Crippen LogP contribution in [0.2, 0.25) is 0 Å². The van der Waals surface area contributed by atoms with Crippen LogP contribution in [0, 0.1) is 12.7 Å². The summed E-state index contributed by atoms with van der Waals surface area (Å²) < 4.78 is 15.2. The Labute approximate surface area is 140 Å². The molecule has 3 aromatic rings. The predicted octanol–water partition coefficient (Wildman–Crippen LogP) is 3.59. The van der Waals surface area contributed by atoms with E-state index in [9.17, 15) is 9.18 Å². The molecular formula is C19H18FN3O. The number of amides is 1. The minimum Gasteiger partial charge on any atom is -0.337 e. The molecule has 0 saturated carbocycles. The molecule has 1 aromatic heterocycles. The lowest BCUT2D eigenvalue weighted by Gasteiger charge is -2.17. The predicted molar refractivity (Wildman–Crippen MR) is 90.5 cm³/mol. The molecule has 0 radical (unpaired) electrons. The van der Waals surface area contributed by atoms with Gasteiger partial charge in [0, 0.05) is 30.9 Å². The van der Waals surface area contributed by atoms with Crippen molar-refractivity contribution in [3.63, 3.8) is 0 Å². The van der Waals surface area contributed by atoms with E-state index in [0.717, 1.165) is 16.8 Å². The van der Waals surface area contributed by atoms with E-state index in [1.54, 1.807) is 35.8 Å². The maximum absolute atomic E-state index is 13.4. The Bertz CT molecular complexity index is 858. The summed E-state index contributed by atoms with van der Waals surface area (Å²) >= 11 is 0. The molecule has 5 heteroatoms. The maximum Gasteiger partial charge on any atom is 0.254 e. The lowest BCUT2D eigenvalue weighted by molar-refractivity contribution is 0.0784. The lowest BCUT2D eigenvalue weighted by Crippen LogP contribution is -2.26. The van der Waals surface area contributed by atoms with Gasteiger partial charge in [-0.15, -0.1) is 0 Å². The Morgan fingerprint density at radius 2 is 1.96 bits per heavy atom. The second-order valence-electron chi connectivity index (χ2n) is 5.75. The van der Waals surface area contributed by atoms with Crippen molar-refractivity contribution in [2.45, 2.75) is 13.5 Å². The van der Waals surface area contributed by atoms with Crippen molar-refractivity contribution in [3.05, 3.63) is 83.4 Å². The minimum atomic E-state index is -0.408. The molecule has 1 amide bonds. The number of halogens is 1. The first-order valence-corrected chi connectivity index (χ1v) is 7.65. The van der Waals surface area contributed by atoms with Gasteiger partial charge in [0.15, 0.2) is 0 Å². The summed E-state index contributed by atoms with van der Waals surface area (Å²) in [5.41, 5.74) is 3.00. The van der Waals surface area contributed by atoms with E-state index in [1.165, 1.54) is 12.1 Å². The Kier molecular flexibility index (Phi) is 4.42. The summed E-state index contributed by atoms with van der Waals surface area (Å²) in [6, 6.07) is 14.0. The fourth-order valence-corrected chi connectivity index (χ4v) is 2.54. The summed E-state index contributed by atoms with van der Waals surface area (Å²) in [7, 11) is 1.70. The fourth-order valence-electron chi connectivity index (χ4n) is 2.54. The summed E-state index contributed by atoms with van der Waals surface area (Å²) in [4.78, 5) is 14.1. The van der Waals surface area contributed by atoms with Gasteiger partial charge >= 0.3 is 0 Å². The molecule has 3 rings (SSSR count). The first kappa shape index (κ1) is 15.9. The molecule has 0 bridgehead atoms. The van der Waals surface area contributed by atoms with Crippen LogP contribution in [-0.2, 0) is 6.54 Å². The second-order valence-corrected chi connectivity index (χ2v) is 5.75. The highest BCUT2D eigenvalue weighted by Gasteiger charge is 2.16. The molecule has 24 heavy (non-hydrogen) atoms. The van der Waals surface area contributed by atoms with Crippen LogP contribution in [0.5, 0.6) is 0 Å². The smallest absolute Gasteiger partial charge is 0.254 e. The van der Waals surface area contributed by atoms with Gasteiger partial charge in [-0.2, -0.15) is 5.10 Å². The number of aromatic nitrogens is 2. The van der Waals surface area contributed by atoms with E-state index < -0.39 is 5.82 Å². The normalized spacial score (nSPS) is 10.6. The molecule has 1 heterocycles. The molecule has 0 saturated heterocycles. The number of carbonyl (C=O) groups is 1. The number of hydrogen-bond donors (Lipinski definition) is 0. The van der Waals surface area contributed by atoms with E-state index in [0.29, 0.717) is 12.1 Å². The number of benzene rings is 2. The molecule has 122 valence electrons. The Morgan fingerprint density at radius 1 is 1.21 bits per heavy atom. The number of carbonyl (C=O) groups excluding carboxylic acids is 1. The number of aryl methyl sites for hydroxylation is 1. The molecular weight excluding hydrogens is 305 g/mol. The quantitative estimate of drug-likeness (QED) is 0.736. The summed E-state index contributed by atoms with van der Waals surface area (Å²) in [6.45, 7) is 2.20. The van der Waals surface area contributed by atoms with Crippen LogP contribution in [-0.4, -0.2) is 27.6 Å². The summed E-state index contributed by atoms with van der Waals surface area (Å²) in [5.74, 6) is -0.617. The molecule has 0 aliphatic carbocycles. The highest BCUT2D eigenvalue weighted by atomic mass is 19.1. The van der Waals surface area contributed by atoms with Crippen molar-refractivity contribution in [1.82, 2.24) is 14.7 Å². The second kappa shape index (κ2) is 6.66. The third kappa shape index (κ3) is 3.35. The first-order valence-electron chi connectivity index (χ1n) is 7.65. The molecule has 0 spiro atoms. The van der Waals surface area contributed by atoms with Crippen LogP contribution in [0.15, 0.2) is 60.9 Å². The lowest BCUT2D eigenvalue weighted by atomic mass is 10.1. The number of rotatable bonds is 4. The van der Waals surface area contributed by atoms with Gasteiger partial charge in [0.1, 0.15) is 5.82 Å². The van der Waals surface area contributed by atoms with Gasteiger partial charge in [0.25, 0.3) is 5.91 Å². The molecule has 0 aliphatic rings. The van der Waals surface area contributed by atoms with Crippen molar-refractivity contribution < 1.29 is 9.18 Å². The van der Waals surface area contributed by atoms with Crippen LogP contribution in [0.3, 0.4) is 0 Å². The third-order valence-electron chi connectivity index (χ3n) is 3.85. The molecule has 2 aromatic carbocycles. The van der Waals surface area contributed by atoms with Gasteiger partial charge < -0.3 is 4.90 Å². The zero-order valence-corrected chi connectivity index (χ0v) is 13.6. The molecule has 0 aliphatic heterocycles. The zero-order chi connectivity index (χ0) is 17.1. The van der Waals surface area contributed by atoms with E-state index in [1.807, 2.05) is 36.5 Å². The first-order chi connectivity index (χ1) is 11.5. The van der Waals surface area contributed by atoms with Crippen molar-refractivity contribution in [2.24, 2.45) is 0 Å². The van der Waals surface area contributed by atoms with Gasteiger partial charge in [-0.1, -0.05) is 24.3 Å². The number of nitrogens with zero attached hydrogens (tertiary/aromatic N) is 3. The fraction of sp³-hybridized carbons (Fsp3) is 0.158. The zero-order valence-electron chi connectivity index (χ0n) is 13.6. The van der Waals surface area contributed by atoms with Crippen LogP contribution in [0.25, 0.3) is 5.69 Å². The average molecular weight is 323 g/mol. The highest BCUT2D eigenvalue weighted by molar-refractivity contribution is 5.95. The molecule has 0 N–H and O–H groups in total. The van der Waals surface area contributed by atoms with Crippen LogP contribution in [0.1, 0.15) is 21.5 Å². The van der Waals surface area contributed by atoms with Crippen molar-refractivity contribution in [2.75, 3.05) is 7.05 Å². The Hall–Kier alpha value is -2.95. The third-order valence-corrected chi connectivity index (χ3v) is 3.85. The molecule has 4 nitrogen and oxygen atoms in total. The van der Waals surface area contributed by atoms with Crippen LogP contribution >= 0.6 is 0 Å². The molecule has 0 unspecified atom stereocenters. The molecule has 0 fully saturated rings. The van der Waals surface area contributed by atoms with Gasteiger partial charge in [-0.05, 0) is 36.8 Å². The van der Waals surface area contributed by atoms with Gasteiger partial charge in [-0.3, -0.25) is 4.79 Å². The topological polar surface area (TPSA) is 38.1 Å². The van der Waals surface area contributed by atoms with Crippen molar-refractivity contribution >= 4 is 5.91 Å². The number of para-hydroxylation sites is 1. The monoisotopic (exact) mass is 323 g/mol. The van der Waals surface area contributed by atoms with Crippen molar-refractivity contribution in [1.29, 1.82) is 0 Å². The van der Waals surface area contributed by atoms with Crippen LogP contribution < -0.4 is 0 Å². The van der Waals surface area contributed by atoms with E-state index >= 15 is 0 Å². The number of hydrogen-bond acceptors (Lipinski definition) is 2. The van der Waals surface area contributed by atoms with Gasteiger partial charge in [-0.25, -0.2) is 9.07 Å². The van der Waals surface area contributed by atoms with Crippen LogP contribution in [0.4, 0.5) is 4.39 Å². The standard InChI is InChI=1S/C19H18FN3O/c1-14-8-9-16(20)10-18(14)19(24)22(2)12-15-11-21-23(13-15)17-6-4-3-5-7-17/h3-11,13H,12H2,1-2H3. The van der Waals surface area contributed by atoms with Gasteiger partial charge in [0.05, 0.1) is 11.9 Å². The minimum absolute atomic E-state index is 0.209. The highest BCUT2D eigenvalue weighted by Crippen LogP contribution is 2.15. The SMILES string of the molecule is Cc1ccc(F)cc1C(=O)N(C)Cc1cnn(-c2ccccc2)c1. The van der Waals surface area contributed by atoms with Crippen molar-refractivity contribution in [3.8, 4) is 5.69 Å². The summed E-state index contributed by atoms with van der Waals surface area (Å²) in [5, 5.41) is 4.32. The van der Waals surface area contributed by atoms with E-state index in [2.05, 4.69) is 5.10 Å². The average Bonchev–Trinajstić information content (AvgIpc) is 3.05. The van der Waals surface area contributed by atoms with Gasteiger partial charge in [0.2, 0.25) is 0 Å². The summed E-state index contributed by atoms with van der Waals surface area (Å²) in [6.07, 6.45) is 3.62. The van der Waals surface area contributed by atoms with E-state index in [4.69, 9.17) is 0 Å². The maximum atomic E-state index is 13.4. The Balaban J connectivity index is 1.75. The largest absolute Gasteiger partial charge is 0.337 e. The van der Waals surface area contributed by atoms with E-state index in [-0.39, 0.29) is 5.91 Å². The molecule has 0 atom stereocenters. The Morgan fingerprint density at radius 3 is 2.71 bits per heavy atom.